The molecule has 7 nitrogen and oxygen atoms in total. The fraction of sp³-hybridized carbons (Fsp3) is 0.350. The number of aromatic nitrogens is 3. The Balaban J connectivity index is 1.85. The molecule has 0 radical (unpaired) electrons. The van der Waals surface area contributed by atoms with Crippen molar-refractivity contribution in [1.82, 2.24) is 15.0 Å². The van der Waals surface area contributed by atoms with E-state index >= 15 is 0 Å². The van der Waals surface area contributed by atoms with Crippen LogP contribution in [0.15, 0.2) is 30.5 Å². The number of methoxy groups -OCH3 is 1. The summed E-state index contributed by atoms with van der Waals surface area (Å²) in [6.07, 6.45) is -8.30. The van der Waals surface area contributed by atoms with Crippen molar-refractivity contribution in [3.63, 3.8) is 0 Å². The van der Waals surface area contributed by atoms with E-state index in [0.717, 1.165) is 12.3 Å². The van der Waals surface area contributed by atoms with Gasteiger partial charge in [0.25, 0.3) is 0 Å². The molecule has 178 valence electrons. The summed E-state index contributed by atoms with van der Waals surface area (Å²) in [7, 11) is 1.36. The molecule has 0 aliphatic heterocycles. The van der Waals surface area contributed by atoms with Crippen LogP contribution in [0, 0.1) is 6.92 Å². The normalized spacial score (nSPS) is 12.1. The van der Waals surface area contributed by atoms with E-state index in [2.05, 4.69) is 25.0 Å². The number of hydrogen-bond donors (Lipinski definition) is 1. The molecular formula is C20H18F6N4O3. The monoisotopic (exact) mass is 476 g/mol. The van der Waals surface area contributed by atoms with E-state index in [0.29, 0.717) is 28.1 Å². The lowest BCUT2D eigenvalue weighted by atomic mass is 10.2. The van der Waals surface area contributed by atoms with Crippen LogP contribution < -0.4 is 14.8 Å². The van der Waals surface area contributed by atoms with Crippen LogP contribution in [0.2, 0.25) is 0 Å². The van der Waals surface area contributed by atoms with Gasteiger partial charge in [-0.15, -0.1) is 13.2 Å². The quantitative estimate of drug-likeness (QED) is 0.367. The summed E-state index contributed by atoms with van der Waals surface area (Å²) in [5.41, 5.74) is -0.269. The summed E-state index contributed by atoms with van der Waals surface area (Å²) in [5, 5.41) is 3.39. The summed E-state index contributed by atoms with van der Waals surface area (Å²) in [4.78, 5) is 11.9. The highest BCUT2D eigenvalue weighted by atomic mass is 19.4. The molecular weight excluding hydrogens is 458 g/mol. The first kappa shape index (κ1) is 24.3. The van der Waals surface area contributed by atoms with Gasteiger partial charge in [0.2, 0.25) is 0 Å². The highest BCUT2D eigenvalue weighted by Crippen LogP contribution is 2.35. The average Bonchev–Trinajstić information content (AvgIpc) is 2.73. The maximum atomic E-state index is 12.9. The molecule has 2 aromatic heterocycles. The molecule has 0 spiro atoms. The first-order valence-electron chi connectivity index (χ1n) is 9.42. The van der Waals surface area contributed by atoms with Crippen LogP contribution in [-0.2, 0) is 17.5 Å². The number of pyridine rings is 1. The van der Waals surface area contributed by atoms with E-state index in [1.165, 1.54) is 25.3 Å². The van der Waals surface area contributed by atoms with Crippen LogP contribution in [0.25, 0.3) is 10.9 Å². The van der Waals surface area contributed by atoms with E-state index in [1.807, 2.05) is 0 Å². The Hall–Kier alpha value is -3.35. The first-order valence-corrected chi connectivity index (χ1v) is 9.42. The standard InChI is InChI=1S/C20H18F6N4O3/c1-11-29-14-9-15(31-2)16(32-5-6-33-20(24,25)26)8-13(14)18(30-11)28-10-12-3-4-27-17(7-12)19(21,22)23/h3-4,7-9H,5-6,10H2,1-2H3,(H,28,29,30). The third-order valence-electron chi connectivity index (χ3n) is 4.27. The van der Waals surface area contributed by atoms with Gasteiger partial charge in [-0.2, -0.15) is 13.2 Å². The summed E-state index contributed by atoms with van der Waals surface area (Å²) < 4.78 is 89.4. The fourth-order valence-corrected chi connectivity index (χ4v) is 2.89. The van der Waals surface area contributed by atoms with Crippen LogP contribution in [0.5, 0.6) is 11.5 Å². The number of ether oxygens (including phenoxy) is 3. The third-order valence-corrected chi connectivity index (χ3v) is 4.27. The molecule has 0 amide bonds. The number of hydrogen-bond acceptors (Lipinski definition) is 7. The van der Waals surface area contributed by atoms with Gasteiger partial charge in [-0.3, -0.25) is 9.72 Å². The van der Waals surface area contributed by atoms with Crippen LogP contribution in [0.1, 0.15) is 17.1 Å². The minimum Gasteiger partial charge on any atom is -0.493 e. The molecule has 1 N–H and O–H groups in total. The molecule has 0 bridgehead atoms. The van der Waals surface area contributed by atoms with Crippen LogP contribution in [0.4, 0.5) is 32.2 Å². The fourth-order valence-electron chi connectivity index (χ4n) is 2.89. The minimum absolute atomic E-state index is 0.00119. The molecule has 0 aliphatic carbocycles. The Bertz CT molecular complexity index is 1120. The van der Waals surface area contributed by atoms with Crippen molar-refractivity contribution in [2.75, 3.05) is 25.6 Å². The smallest absolute Gasteiger partial charge is 0.493 e. The lowest BCUT2D eigenvalue weighted by molar-refractivity contribution is -0.325. The number of rotatable bonds is 8. The second-order valence-electron chi connectivity index (χ2n) is 6.68. The number of alkyl halides is 6. The third kappa shape index (κ3) is 6.57. The number of anilines is 1. The predicted octanol–water partition coefficient (Wildman–Crippen LogP) is 4.89. The highest BCUT2D eigenvalue weighted by molar-refractivity contribution is 5.91. The van der Waals surface area contributed by atoms with Crippen molar-refractivity contribution in [3.8, 4) is 11.5 Å². The lowest BCUT2D eigenvalue weighted by Crippen LogP contribution is -2.18. The van der Waals surface area contributed by atoms with Gasteiger partial charge >= 0.3 is 12.5 Å². The topological polar surface area (TPSA) is 78.4 Å². The Morgan fingerprint density at radius 2 is 1.73 bits per heavy atom. The van der Waals surface area contributed by atoms with Gasteiger partial charge in [0.05, 0.1) is 19.2 Å². The first-order chi connectivity index (χ1) is 15.5. The van der Waals surface area contributed by atoms with Crippen LogP contribution in [-0.4, -0.2) is 41.6 Å². The van der Waals surface area contributed by atoms with Gasteiger partial charge in [-0.1, -0.05) is 0 Å². The summed E-state index contributed by atoms with van der Waals surface area (Å²) in [6, 6.07) is 5.33. The molecule has 3 aromatic rings. The second-order valence-corrected chi connectivity index (χ2v) is 6.68. The van der Waals surface area contributed by atoms with E-state index in [4.69, 9.17) is 9.47 Å². The Kier molecular flexibility index (Phi) is 7.10. The molecule has 0 fully saturated rings. The van der Waals surface area contributed by atoms with Crippen LogP contribution in [0.3, 0.4) is 0 Å². The number of benzene rings is 1. The number of fused-ring (bicyclic) bond motifs is 1. The van der Waals surface area contributed by atoms with Crippen LogP contribution >= 0.6 is 0 Å². The molecule has 3 rings (SSSR count). The zero-order valence-corrected chi connectivity index (χ0v) is 17.3. The zero-order chi connectivity index (χ0) is 24.2. The molecule has 0 saturated heterocycles. The number of aryl methyl sites for hydroxylation is 1. The van der Waals surface area contributed by atoms with E-state index in [9.17, 15) is 26.3 Å². The molecule has 0 atom stereocenters. The average molecular weight is 476 g/mol. The summed E-state index contributed by atoms with van der Waals surface area (Å²) >= 11 is 0. The maximum absolute atomic E-state index is 12.9. The summed E-state index contributed by atoms with van der Waals surface area (Å²) in [5.74, 6) is 1.02. The van der Waals surface area contributed by atoms with Gasteiger partial charge in [0.15, 0.2) is 11.5 Å². The second kappa shape index (κ2) is 9.65. The number of halogens is 6. The van der Waals surface area contributed by atoms with Gasteiger partial charge in [0, 0.05) is 24.2 Å². The molecule has 0 unspecified atom stereocenters. The highest BCUT2D eigenvalue weighted by Gasteiger charge is 2.32. The van der Waals surface area contributed by atoms with E-state index < -0.39 is 31.4 Å². The van der Waals surface area contributed by atoms with Crippen molar-refractivity contribution < 1.29 is 40.6 Å². The molecule has 0 saturated carbocycles. The number of nitrogens with one attached hydrogen (secondary N) is 1. The van der Waals surface area contributed by atoms with Gasteiger partial charge in [-0.25, -0.2) is 9.97 Å². The molecule has 1 aromatic carbocycles. The van der Waals surface area contributed by atoms with Crippen molar-refractivity contribution in [1.29, 1.82) is 0 Å². The molecule has 13 heteroatoms. The Morgan fingerprint density at radius 3 is 2.39 bits per heavy atom. The van der Waals surface area contributed by atoms with Crippen molar-refractivity contribution >= 4 is 16.7 Å². The van der Waals surface area contributed by atoms with Crippen molar-refractivity contribution in [2.24, 2.45) is 0 Å². The molecule has 33 heavy (non-hydrogen) atoms. The molecule has 2 heterocycles. The lowest BCUT2D eigenvalue weighted by Gasteiger charge is -2.15. The van der Waals surface area contributed by atoms with Gasteiger partial charge in [-0.05, 0) is 30.7 Å². The van der Waals surface area contributed by atoms with E-state index in [-0.39, 0.29) is 18.0 Å². The largest absolute Gasteiger partial charge is 0.522 e. The van der Waals surface area contributed by atoms with Crippen molar-refractivity contribution in [3.05, 3.63) is 47.5 Å². The Morgan fingerprint density at radius 1 is 0.970 bits per heavy atom. The maximum Gasteiger partial charge on any atom is 0.522 e. The van der Waals surface area contributed by atoms with E-state index in [1.54, 1.807) is 6.92 Å². The number of nitrogens with zero attached hydrogens (tertiary/aromatic N) is 3. The Labute approximate surface area is 183 Å². The molecule has 0 aliphatic rings. The predicted molar refractivity (Wildman–Crippen MR) is 105 cm³/mol. The zero-order valence-electron chi connectivity index (χ0n) is 17.3. The summed E-state index contributed by atoms with van der Waals surface area (Å²) in [6.45, 7) is 0.487. The van der Waals surface area contributed by atoms with Gasteiger partial charge in [0.1, 0.15) is 23.9 Å². The van der Waals surface area contributed by atoms with Gasteiger partial charge < -0.3 is 14.8 Å². The minimum atomic E-state index is -4.78. The van der Waals surface area contributed by atoms with Crippen molar-refractivity contribution in [2.45, 2.75) is 26.0 Å². The SMILES string of the molecule is COc1cc2nc(C)nc(NCc3ccnc(C(F)(F)F)c3)c2cc1OCCOC(F)(F)F.